The van der Waals surface area contributed by atoms with Gasteiger partial charge in [-0.25, -0.2) is 9.59 Å². The number of unbranched alkanes of at least 4 members (excludes halogenated alkanes) is 3. The van der Waals surface area contributed by atoms with E-state index in [-0.39, 0.29) is 12.1 Å². The van der Waals surface area contributed by atoms with Crippen LogP contribution in [0.25, 0.3) is 6.08 Å². The smallest absolute Gasteiger partial charge is 0.338 e. The number of hydrogen-bond donors (Lipinski definition) is 2. The minimum atomic E-state index is -0.405. The fraction of sp³-hybridized carbons (Fsp3) is 0.673. The van der Waals surface area contributed by atoms with Gasteiger partial charge in [0.2, 0.25) is 0 Å². The van der Waals surface area contributed by atoms with Crippen molar-refractivity contribution < 1.29 is 23.8 Å². The van der Waals surface area contributed by atoms with Gasteiger partial charge in [-0.05, 0) is 178 Å². The van der Waals surface area contributed by atoms with Crippen molar-refractivity contribution in [2.75, 3.05) is 24.7 Å². The molecule has 4 saturated carbocycles. The summed E-state index contributed by atoms with van der Waals surface area (Å²) >= 11 is 0. The first kappa shape index (κ1) is 42.1. The zero-order valence-corrected chi connectivity index (χ0v) is 35.2. The number of anilines is 2. The van der Waals surface area contributed by atoms with E-state index in [1.807, 2.05) is 30.3 Å². The molecule has 2 aromatic carbocycles. The number of carbonyl (C=O) groups is 2. The second kappa shape index (κ2) is 18.9. The van der Waals surface area contributed by atoms with Crippen LogP contribution in [0.15, 0.2) is 48.5 Å². The molecule has 308 valence electrons. The summed E-state index contributed by atoms with van der Waals surface area (Å²) in [5.74, 6) is 6.04. The number of ether oxygens (including phenoxy) is 3. The Morgan fingerprint density at radius 2 is 1.48 bits per heavy atom. The van der Waals surface area contributed by atoms with Crippen LogP contribution in [-0.4, -0.2) is 31.3 Å². The fourth-order valence-electron chi connectivity index (χ4n) is 12.2. The van der Waals surface area contributed by atoms with Gasteiger partial charge >= 0.3 is 11.9 Å². The molecule has 4 aliphatic carbocycles. The molecule has 2 unspecified atom stereocenters. The number of carbonyl (C=O) groups excluding carboxylic acids is 2. The van der Waals surface area contributed by atoms with E-state index in [1.165, 1.54) is 64.2 Å². The number of nitrogens with two attached hydrogens (primary N) is 2. The lowest BCUT2D eigenvalue weighted by Gasteiger charge is -2.61. The molecule has 0 aliphatic heterocycles. The van der Waals surface area contributed by atoms with Gasteiger partial charge < -0.3 is 25.7 Å². The summed E-state index contributed by atoms with van der Waals surface area (Å²) in [5, 5.41) is 0. The second-order valence-electron chi connectivity index (χ2n) is 19.2. The van der Waals surface area contributed by atoms with Crippen LogP contribution < -0.4 is 16.2 Å². The van der Waals surface area contributed by atoms with Crippen LogP contribution in [-0.2, 0) is 14.3 Å². The Hall–Kier alpha value is -3.48. The molecule has 0 amide bonds. The molecule has 0 bridgehead atoms. The quantitative estimate of drug-likeness (QED) is 0.0713. The molecule has 4 N–H and O–H groups in total. The van der Waals surface area contributed by atoms with Crippen LogP contribution in [0.5, 0.6) is 5.75 Å². The molecule has 4 aliphatic rings. The van der Waals surface area contributed by atoms with Crippen molar-refractivity contribution >= 4 is 29.4 Å². The maximum absolute atomic E-state index is 13.0. The van der Waals surface area contributed by atoms with Crippen LogP contribution in [0.3, 0.4) is 0 Å². The summed E-state index contributed by atoms with van der Waals surface area (Å²) in [4.78, 5) is 25.2. The standard InChI is InChI=1S/C49H72N2O5/c1-33(2)11-10-12-34(3)43-20-21-44-42-19-16-37-31-41(23-25-48(37,4)45(42)24-26-49(43,44)5)56-46(52)22-15-35-13-17-40(18-14-35)54-27-8-6-7-9-28-55-47(53)36-29-38(50)32-39(51)30-36/h13-15,17-18,22,29-30,32-34,37,41-45H,6-12,16,19-21,23-28,31,50-51H2,1-5H3/t34-,37?,41?,42+,43-,44+,45+,48+,49-/m1/s1. The van der Waals surface area contributed by atoms with Crippen molar-refractivity contribution in [3.63, 3.8) is 0 Å². The monoisotopic (exact) mass is 769 g/mol. The number of nitrogen functional groups attached to an aromatic ring is 2. The first-order chi connectivity index (χ1) is 26.9. The number of fused-ring (bicyclic) bond motifs is 5. The van der Waals surface area contributed by atoms with Gasteiger partial charge in [0.25, 0.3) is 0 Å². The molecule has 9 atom stereocenters. The Kier molecular flexibility index (Phi) is 14.2. The third-order valence-corrected chi connectivity index (χ3v) is 15.1. The molecule has 56 heavy (non-hydrogen) atoms. The molecular formula is C49H72N2O5. The molecule has 0 spiro atoms. The Morgan fingerprint density at radius 1 is 0.786 bits per heavy atom. The SMILES string of the molecule is CC(C)CCC[C@@H](C)[C@H]1CC[C@H]2[C@@H]3CCC4CC(OC(=O)C=Cc5ccc(OCCCCCCOC(=O)c6cc(N)cc(N)c6)cc5)CC[C@]4(C)[C@H]3CC[C@]12C. The van der Waals surface area contributed by atoms with Crippen LogP contribution in [0.4, 0.5) is 11.4 Å². The van der Waals surface area contributed by atoms with E-state index in [0.717, 1.165) is 85.3 Å². The molecule has 7 nitrogen and oxygen atoms in total. The predicted octanol–water partition coefficient (Wildman–Crippen LogP) is 11.7. The van der Waals surface area contributed by atoms with Crippen LogP contribution in [0, 0.1) is 52.3 Å². The molecule has 0 saturated heterocycles. The van der Waals surface area contributed by atoms with Crippen molar-refractivity contribution in [1.29, 1.82) is 0 Å². The summed E-state index contributed by atoms with van der Waals surface area (Å²) in [7, 11) is 0. The first-order valence-electron chi connectivity index (χ1n) is 22.3. The van der Waals surface area contributed by atoms with Crippen molar-refractivity contribution in [3.8, 4) is 5.75 Å². The number of rotatable bonds is 17. The normalized spacial score (nSPS) is 30.3. The summed E-state index contributed by atoms with van der Waals surface area (Å²) in [5.41, 5.74) is 14.7. The lowest BCUT2D eigenvalue weighted by molar-refractivity contribution is -0.157. The number of benzene rings is 2. The predicted molar refractivity (Wildman–Crippen MR) is 228 cm³/mol. The van der Waals surface area contributed by atoms with E-state index in [1.54, 1.807) is 24.3 Å². The lowest BCUT2D eigenvalue weighted by Crippen LogP contribution is -2.54. The van der Waals surface area contributed by atoms with Crippen molar-refractivity contribution in [3.05, 3.63) is 59.7 Å². The van der Waals surface area contributed by atoms with E-state index in [0.29, 0.717) is 46.9 Å². The largest absolute Gasteiger partial charge is 0.494 e. The third-order valence-electron chi connectivity index (χ3n) is 15.1. The maximum atomic E-state index is 13.0. The zero-order valence-electron chi connectivity index (χ0n) is 35.2. The van der Waals surface area contributed by atoms with E-state index in [4.69, 9.17) is 25.7 Å². The Balaban J connectivity index is 0.875. The van der Waals surface area contributed by atoms with E-state index in [9.17, 15) is 9.59 Å². The fourth-order valence-corrected chi connectivity index (χ4v) is 12.2. The Bertz CT molecular complexity index is 1620. The number of hydrogen-bond acceptors (Lipinski definition) is 7. The summed E-state index contributed by atoms with van der Waals surface area (Å²) in [6, 6.07) is 12.6. The first-order valence-corrected chi connectivity index (χ1v) is 22.3. The van der Waals surface area contributed by atoms with E-state index >= 15 is 0 Å². The maximum Gasteiger partial charge on any atom is 0.338 e. The molecule has 0 heterocycles. The van der Waals surface area contributed by atoms with Crippen LogP contribution >= 0.6 is 0 Å². The van der Waals surface area contributed by atoms with Gasteiger partial charge in [0.05, 0.1) is 18.8 Å². The molecule has 2 aromatic rings. The van der Waals surface area contributed by atoms with Gasteiger partial charge in [-0.3, -0.25) is 0 Å². The summed E-state index contributed by atoms with van der Waals surface area (Å²) < 4.78 is 17.4. The zero-order chi connectivity index (χ0) is 39.9. The van der Waals surface area contributed by atoms with Crippen LogP contribution in [0.1, 0.15) is 153 Å². The summed E-state index contributed by atoms with van der Waals surface area (Å²) in [6.45, 7) is 13.6. The van der Waals surface area contributed by atoms with Crippen molar-refractivity contribution in [2.24, 2.45) is 52.3 Å². The minimum Gasteiger partial charge on any atom is -0.494 e. The average molecular weight is 769 g/mol. The number of esters is 2. The highest BCUT2D eigenvalue weighted by molar-refractivity contribution is 5.91. The van der Waals surface area contributed by atoms with E-state index < -0.39 is 5.97 Å². The van der Waals surface area contributed by atoms with E-state index in [2.05, 4.69) is 34.6 Å². The van der Waals surface area contributed by atoms with Gasteiger partial charge in [-0.2, -0.15) is 0 Å². The second-order valence-corrected chi connectivity index (χ2v) is 19.2. The van der Waals surface area contributed by atoms with Gasteiger partial charge in [-0.1, -0.05) is 66.0 Å². The molecule has 4 fully saturated rings. The van der Waals surface area contributed by atoms with Crippen molar-refractivity contribution in [2.45, 2.75) is 143 Å². The molecular weight excluding hydrogens is 697 g/mol. The minimum absolute atomic E-state index is 0.0259. The van der Waals surface area contributed by atoms with Gasteiger partial charge in [-0.15, -0.1) is 0 Å². The average Bonchev–Trinajstić information content (AvgIpc) is 3.52. The summed E-state index contributed by atoms with van der Waals surface area (Å²) in [6.07, 6.45) is 22.9. The lowest BCUT2D eigenvalue weighted by atomic mass is 9.44. The molecule has 6 rings (SSSR count). The highest BCUT2D eigenvalue weighted by atomic mass is 16.5. The van der Waals surface area contributed by atoms with Gasteiger partial charge in [0.1, 0.15) is 11.9 Å². The topological polar surface area (TPSA) is 114 Å². The molecule has 0 radical (unpaired) electrons. The van der Waals surface area contributed by atoms with Crippen LogP contribution in [0.2, 0.25) is 0 Å². The van der Waals surface area contributed by atoms with Gasteiger partial charge in [0, 0.05) is 17.5 Å². The third kappa shape index (κ3) is 10.1. The molecule has 0 aromatic heterocycles. The Morgan fingerprint density at radius 3 is 2.21 bits per heavy atom. The highest BCUT2D eigenvalue weighted by Gasteiger charge is 2.60. The van der Waals surface area contributed by atoms with Gasteiger partial charge in [0.15, 0.2) is 0 Å². The Labute approximate surface area is 338 Å². The van der Waals surface area contributed by atoms with Crippen molar-refractivity contribution in [1.82, 2.24) is 0 Å². The molecule has 7 heteroatoms. The highest BCUT2D eigenvalue weighted by Crippen LogP contribution is 2.68.